The molecule has 0 spiro atoms. The molecule has 5 heterocycles. The van der Waals surface area contributed by atoms with Gasteiger partial charge in [0.05, 0.1) is 11.9 Å². The minimum atomic E-state index is -5.08. The van der Waals surface area contributed by atoms with Gasteiger partial charge in [0, 0.05) is 32.1 Å². The summed E-state index contributed by atoms with van der Waals surface area (Å²) in [6.07, 6.45) is 1.94. The molecule has 9 nitrogen and oxygen atoms in total. The van der Waals surface area contributed by atoms with Gasteiger partial charge in [-0.15, -0.1) is 0 Å². The van der Waals surface area contributed by atoms with Crippen molar-refractivity contribution in [1.29, 1.82) is 0 Å². The Hall–Kier alpha value is -3.54. The lowest BCUT2D eigenvalue weighted by molar-refractivity contribution is -0.192. The zero-order valence-corrected chi connectivity index (χ0v) is 20.2. The Balaban J connectivity index is 0.000000355. The number of benzene rings is 1. The van der Waals surface area contributed by atoms with Crippen LogP contribution in [0.1, 0.15) is 43.0 Å². The molecule has 198 valence electrons. The van der Waals surface area contributed by atoms with Gasteiger partial charge in [-0.05, 0) is 62.1 Å². The maximum absolute atomic E-state index is 10.6. The van der Waals surface area contributed by atoms with Crippen molar-refractivity contribution in [1.82, 2.24) is 19.5 Å². The Morgan fingerprint density at radius 1 is 1.05 bits per heavy atom. The number of anilines is 1. The first-order valence-corrected chi connectivity index (χ1v) is 12.3. The summed E-state index contributed by atoms with van der Waals surface area (Å²) in [5.41, 5.74) is 3.46. The first-order chi connectivity index (χ1) is 17.8. The molecule has 0 bridgehead atoms. The van der Waals surface area contributed by atoms with Crippen molar-refractivity contribution in [3.8, 4) is 11.5 Å². The first-order valence-electron chi connectivity index (χ1n) is 12.3. The van der Waals surface area contributed by atoms with E-state index in [2.05, 4.69) is 40.3 Å². The molecule has 1 unspecified atom stereocenters. The van der Waals surface area contributed by atoms with Gasteiger partial charge in [-0.2, -0.15) is 18.3 Å². The van der Waals surface area contributed by atoms with Crippen molar-refractivity contribution < 1.29 is 32.5 Å². The van der Waals surface area contributed by atoms with E-state index in [1.807, 2.05) is 10.6 Å². The van der Waals surface area contributed by atoms with Gasteiger partial charge in [-0.3, -0.25) is 4.90 Å². The number of nitrogens with zero attached hydrogens (tertiary/aromatic N) is 5. The van der Waals surface area contributed by atoms with Crippen LogP contribution >= 0.6 is 0 Å². The van der Waals surface area contributed by atoms with Crippen molar-refractivity contribution >= 4 is 17.3 Å². The molecular weight excluding hydrogens is 491 g/mol. The zero-order valence-electron chi connectivity index (χ0n) is 20.2. The summed E-state index contributed by atoms with van der Waals surface area (Å²) in [5.74, 6) is 0.300. The summed E-state index contributed by atoms with van der Waals surface area (Å²) < 4.78 is 44.7. The van der Waals surface area contributed by atoms with Gasteiger partial charge in [0.25, 0.3) is 0 Å². The average molecular weight is 520 g/mol. The standard InChI is InChI=1S/C23H27N5O2.C2HF3O2/c1-2-11-27(10-1)19-6-8-22-24-23(25-28(22)15-19)18-4-3-9-26(14-18)13-17-5-7-20-21(12-17)30-16-29-20;3-2(4,5)1(6)7/h5-8,12,15,18H,1-4,9-11,13-14,16H2;(H,6,7). The van der Waals surface area contributed by atoms with Crippen LogP contribution in [0.3, 0.4) is 0 Å². The fourth-order valence-electron chi connectivity index (χ4n) is 4.93. The molecule has 1 atom stereocenters. The van der Waals surface area contributed by atoms with Gasteiger partial charge >= 0.3 is 12.1 Å². The number of alkyl halides is 3. The Kier molecular flexibility index (Phi) is 7.09. The smallest absolute Gasteiger partial charge is 0.475 e. The molecule has 0 radical (unpaired) electrons. The maximum Gasteiger partial charge on any atom is 0.490 e. The average Bonchev–Trinajstić information content (AvgIpc) is 3.64. The molecule has 12 heteroatoms. The molecule has 3 aromatic rings. The van der Waals surface area contributed by atoms with Crippen molar-refractivity contribution in [2.24, 2.45) is 0 Å². The highest BCUT2D eigenvalue weighted by Crippen LogP contribution is 2.34. The van der Waals surface area contributed by atoms with Crippen LogP contribution in [0, 0.1) is 0 Å². The Labute approximate surface area is 211 Å². The van der Waals surface area contributed by atoms with Gasteiger partial charge in [0.1, 0.15) is 0 Å². The van der Waals surface area contributed by atoms with Crippen LogP contribution in [-0.2, 0) is 11.3 Å². The van der Waals surface area contributed by atoms with E-state index < -0.39 is 12.1 Å². The van der Waals surface area contributed by atoms with E-state index in [4.69, 9.17) is 29.5 Å². The molecule has 3 aliphatic rings. The number of carboxylic acid groups (broad SMARTS) is 1. The van der Waals surface area contributed by atoms with Crippen LogP contribution < -0.4 is 14.4 Å². The summed E-state index contributed by atoms with van der Waals surface area (Å²) in [7, 11) is 0. The van der Waals surface area contributed by atoms with E-state index in [9.17, 15) is 13.2 Å². The number of piperidine rings is 1. The number of rotatable bonds is 4. The number of carboxylic acids is 1. The topological polar surface area (TPSA) is 92.4 Å². The number of carbonyl (C=O) groups is 1. The Morgan fingerprint density at radius 2 is 1.81 bits per heavy atom. The van der Waals surface area contributed by atoms with E-state index in [0.29, 0.717) is 12.7 Å². The highest BCUT2D eigenvalue weighted by atomic mass is 19.4. The molecule has 0 amide bonds. The number of fused-ring (bicyclic) bond motifs is 2. The first kappa shape index (κ1) is 25.1. The van der Waals surface area contributed by atoms with Gasteiger partial charge in [-0.25, -0.2) is 14.3 Å². The Bertz CT molecular complexity index is 1260. The quantitative estimate of drug-likeness (QED) is 0.552. The molecule has 1 N–H and O–H groups in total. The highest BCUT2D eigenvalue weighted by Gasteiger charge is 2.38. The normalized spacial score (nSPS) is 19.6. The molecule has 3 aliphatic heterocycles. The number of pyridine rings is 1. The summed E-state index contributed by atoms with van der Waals surface area (Å²) in [5, 5.41) is 12.0. The number of aromatic nitrogens is 3. The number of ether oxygens (including phenoxy) is 2. The number of hydrogen-bond acceptors (Lipinski definition) is 7. The van der Waals surface area contributed by atoms with Crippen molar-refractivity contribution in [2.75, 3.05) is 37.9 Å². The molecule has 37 heavy (non-hydrogen) atoms. The van der Waals surface area contributed by atoms with Crippen LogP contribution in [-0.4, -0.2) is 69.7 Å². The number of halogens is 3. The van der Waals surface area contributed by atoms with Crippen LogP contribution in [0.2, 0.25) is 0 Å². The summed E-state index contributed by atoms with van der Waals surface area (Å²) >= 11 is 0. The third-order valence-corrected chi connectivity index (χ3v) is 6.76. The van der Waals surface area contributed by atoms with E-state index in [0.717, 1.165) is 62.1 Å². The molecule has 1 aromatic carbocycles. The van der Waals surface area contributed by atoms with E-state index in [1.54, 1.807) is 0 Å². The lowest BCUT2D eigenvalue weighted by Gasteiger charge is -2.31. The van der Waals surface area contributed by atoms with Crippen LogP contribution in [0.4, 0.5) is 18.9 Å². The number of likely N-dealkylation sites (tertiary alicyclic amines) is 1. The Morgan fingerprint density at radius 3 is 2.57 bits per heavy atom. The fraction of sp³-hybridized carbons (Fsp3) is 0.480. The van der Waals surface area contributed by atoms with Gasteiger partial charge in [-0.1, -0.05) is 6.07 Å². The second-order valence-corrected chi connectivity index (χ2v) is 9.42. The van der Waals surface area contributed by atoms with Crippen LogP contribution in [0.25, 0.3) is 5.65 Å². The molecule has 6 rings (SSSR count). The summed E-state index contributed by atoms with van der Waals surface area (Å²) in [4.78, 5) is 18.7. The van der Waals surface area contributed by atoms with Crippen LogP contribution in [0.5, 0.6) is 11.5 Å². The van der Waals surface area contributed by atoms with E-state index in [1.165, 1.54) is 30.5 Å². The largest absolute Gasteiger partial charge is 0.490 e. The number of aliphatic carboxylic acids is 1. The van der Waals surface area contributed by atoms with Crippen molar-refractivity contribution in [2.45, 2.75) is 44.3 Å². The summed E-state index contributed by atoms with van der Waals surface area (Å²) in [6, 6.07) is 10.6. The van der Waals surface area contributed by atoms with E-state index in [-0.39, 0.29) is 0 Å². The SMILES string of the molecule is O=C(O)C(F)(F)F.c1cc2c(cc1CN1CCCC(c3nc4ccc(N5CCCC5)cn4n3)C1)OCO2. The van der Waals surface area contributed by atoms with Crippen molar-refractivity contribution in [3.63, 3.8) is 0 Å². The van der Waals surface area contributed by atoms with Crippen LogP contribution in [0.15, 0.2) is 36.5 Å². The lowest BCUT2D eigenvalue weighted by atomic mass is 9.97. The molecule has 2 saturated heterocycles. The molecular formula is C25H28F3N5O4. The van der Waals surface area contributed by atoms with E-state index >= 15 is 0 Å². The molecule has 2 aromatic heterocycles. The minimum Gasteiger partial charge on any atom is -0.475 e. The molecule has 2 fully saturated rings. The third kappa shape index (κ3) is 5.90. The fourth-order valence-corrected chi connectivity index (χ4v) is 4.93. The van der Waals surface area contributed by atoms with Gasteiger partial charge < -0.3 is 19.5 Å². The maximum atomic E-state index is 10.6. The van der Waals surface area contributed by atoms with Gasteiger partial charge in [0.15, 0.2) is 23.0 Å². The number of hydrogen-bond donors (Lipinski definition) is 1. The predicted molar refractivity (Wildman–Crippen MR) is 128 cm³/mol. The second kappa shape index (κ2) is 10.4. The predicted octanol–water partition coefficient (Wildman–Crippen LogP) is 4.07. The third-order valence-electron chi connectivity index (χ3n) is 6.76. The second-order valence-electron chi connectivity index (χ2n) is 9.42. The highest BCUT2D eigenvalue weighted by molar-refractivity contribution is 5.73. The van der Waals surface area contributed by atoms with Crippen molar-refractivity contribution in [3.05, 3.63) is 47.9 Å². The molecule has 0 aliphatic carbocycles. The summed E-state index contributed by atoms with van der Waals surface area (Å²) in [6.45, 7) is 5.62. The lowest BCUT2D eigenvalue weighted by Crippen LogP contribution is -2.34. The minimum absolute atomic E-state index is 0.323. The molecule has 0 saturated carbocycles. The zero-order chi connectivity index (χ0) is 26.0. The van der Waals surface area contributed by atoms with Gasteiger partial charge in [0.2, 0.25) is 6.79 Å². The monoisotopic (exact) mass is 519 g/mol.